The van der Waals surface area contributed by atoms with E-state index in [0.717, 1.165) is 50.0 Å². The molecule has 2 N–H and O–H groups in total. The molecule has 3 rings (SSSR count). The van der Waals surface area contributed by atoms with Crippen LogP contribution in [0.2, 0.25) is 0 Å². The molecule has 0 spiro atoms. The third-order valence-corrected chi connectivity index (χ3v) is 6.15. The molecular weight excluding hydrogens is 497 g/mol. The average Bonchev–Trinajstić information content (AvgIpc) is 3.44. The van der Waals surface area contributed by atoms with Crippen LogP contribution in [0.1, 0.15) is 62.0 Å². The molecule has 1 unspecified atom stereocenters. The molecule has 0 aliphatic carbocycles. The van der Waals surface area contributed by atoms with E-state index in [9.17, 15) is 0 Å². The standard InChI is InChI=1S/C21H33N5OS.HI/c1-4-22-21(23-10-9-17-15-28-20(25-17)16(2)3)24-14-18(19-8-7-13-27-19)26-11-5-6-12-26;/h7-8,13,15-16,18H,4-6,9-12,14H2,1-3H3,(H2,22,23,24);1H. The van der Waals surface area contributed by atoms with Crippen LogP contribution < -0.4 is 10.6 Å². The van der Waals surface area contributed by atoms with Crippen molar-refractivity contribution < 1.29 is 4.42 Å². The first-order chi connectivity index (χ1) is 13.7. The minimum atomic E-state index is 0. The number of rotatable bonds is 9. The summed E-state index contributed by atoms with van der Waals surface area (Å²) in [6.45, 7) is 11.1. The van der Waals surface area contributed by atoms with E-state index >= 15 is 0 Å². The molecule has 0 bridgehead atoms. The molecule has 0 aromatic carbocycles. The lowest BCUT2D eigenvalue weighted by molar-refractivity contribution is 0.221. The number of hydrogen-bond acceptors (Lipinski definition) is 5. The Morgan fingerprint density at radius 1 is 1.31 bits per heavy atom. The molecule has 162 valence electrons. The molecule has 29 heavy (non-hydrogen) atoms. The number of furan rings is 1. The Balaban J connectivity index is 0.00000300. The molecule has 6 nitrogen and oxygen atoms in total. The topological polar surface area (TPSA) is 65.7 Å². The first-order valence-corrected chi connectivity index (χ1v) is 11.3. The van der Waals surface area contributed by atoms with E-state index in [4.69, 9.17) is 14.4 Å². The predicted octanol–water partition coefficient (Wildman–Crippen LogP) is 4.41. The largest absolute Gasteiger partial charge is 0.468 e. The van der Waals surface area contributed by atoms with Gasteiger partial charge in [0.1, 0.15) is 5.76 Å². The predicted molar refractivity (Wildman–Crippen MR) is 132 cm³/mol. The average molecular weight is 532 g/mol. The number of aliphatic imine (C=N–C) groups is 1. The third-order valence-electron chi connectivity index (χ3n) is 4.96. The highest BCUT2D eigenvalue weighted by Gasteiger charge is 2.25. The molecule has 8 heteroatoms. The van der Waals surface area contributed by atoms with Crippen molar-refractivity contribution in [3.8, 4) is 0 Å². The number of guanidine groups is 1. The van der Waals surface area contributed by atoms with Crippen LogP contribution >= 0.6 is 35.3 Å². The van der Waals surface area contributed by atoms with Gasteiger partial charge in [0.2, 0.25) is 0 Å². The number of likely N-dealkylation sites (tertiary alicyclic amines) is 1. The minimum absolute atomic E-state index is 0. The first-order valence-electron chi connectivity index (χ1n) is 10.4. The second-order valence-electron chi connectivity index (χ2n) is 7.50. The molecule has 1 aliphatic heterocycles. The van der Waals surface area contributed by atoms with Gasteiger partial charge >= 0.3 is 0 Å². The molecule has 0 saturated carbocycles. The molecule has 1 atom stereocenters. The second kappa shape index (κ2) is 12.5. The van der Waals surface area contributed by atoms with Crippen LogP contribution in [0.4, 0.5) is 0 Å². The summed E-state index contributed by atoms with van der Waals surface area (Å²) in [7, 11) is 0. The van der Waals surface area contributed by atoms with Gasteiger partial charge in [-0.1, -0.05) is 13.8 Å². The minimum Gasteiger partial charge on any atom is -0.468 e. The molecule has 0 radical (unpaired) electrons. The van der Waals surface area contributed by atoms with Crippen LogP contribution in [0.5, 0.6) is 0 Å². The summed E-state index contributed by atoms with van der Waals surface area (Å²) >= 11 is 1.75. The van der Waals surface area contributed by atoms with Gasteiger partial charge in [-0.3, -0.25) is 9.89 Å². The quantitative estimate of drug-likeness (QED) is 0.285. The van der Waals surface area contributed by atoms with E-state index in [1.807, 2.05) is 6.07 Å². The summed E-state index contributed by atoms with van der Waals surface area (Å²) < 4.78 is 5.70. The maximum Gasteiger partial charge on any atom is 0.191 e. The van der Waals surface area contributed by atoms with Gasteiger partial charge < -0.3 is 15.1 Å². The Kier molecular flexibility index (Phi) is 10.4. The van der Waals surface area contributed by atoms with Crippen molar-refractivity contribution in [1.82, 2.24) is 20.5 Å². The monoisotopic (exact) mass is 531 g/mol. The van der Waals surface area contributed by atoms with Crippen LogP contribution in [0.25, 0.3) is 0 Å². The number of thiazole rings is 1. The highest BCUT2D eigenvalue weighted by molar-refractivity contribution is 14.0. The number of aromatic nitrogens is 1. The van der Waals surface area contributed by atoms with Gasteiger partial charge in [0, 0.05) is 30.8 Å². The zero-order valence-corrected chi connectivity index (χ0v) is 20.8. The van der Waals surface area contributed by atoms with Crippen molar-refractivity contribution in [2.45, 2.75) is 52.0 Å². The first kappa shape index (κ1) is 24.1. The van der Waals surface area contributed by atoms with E-state index in [2.05, 4.69) is 47.8 Å². The van der Waals surface area contributed by atoms with Crippen molar-refractivity contribution >= 4 is 41.3 Å². The Morgan fingerprint density at radius 2 is 2.10 bits per heavy atom. The van der Waals surface area contributed by atoms with E-state index in [1.54, 1.807) is 17.6 Å². The van der Waals surface area contributed by atoms with E-state index in [0.29, 0.717) is 12.5 Å². The lowest BCUT2D eigenvalue weighted by Crippen LogP contribution is -2.39. The number of halogens is 1. The number of hydrogen-bond donors (Lipinski definition) is 2. The zero-order chi connectivity index (χ0) is 19.8. The molecule has 1 aliphatic rings. The summed E-state index contributed by atoms with van der Waals surface area (Å²) in [5.41, 5.74) is 1.16. The van der Waals surface area contributed by atoms with Crippen LogP contribution in [-0.2, 0) is 6.42 Å². The van der Waals surface area contributed by atoms with Crippen LogP contribution in [-0.4, -0.2) is 48.6 Å². The fourth-order valence-corrected chi connectivity index (χ4v) is 4.32. The van der Waals surface area contributed by atoms with E-state index in [1.165, 1.54) is 17.8 Å². The molecule has 3 heterocycles. The normalized spacial score (nSPS) is 16.1. The summed E-state index contributed by atoms with van der Waals surface area (Å²) in [5, 5.41) is 10.2. The second-order valence-corrected chi connectivity index (χ2v) is 8.39. The van der Waals surface area contributed by atoms with Crippen molar-refractivity contribution in [1.29, 1.82) is 0 Å². The van der Waals surface area contributed by atoms with E-state index in [-0.39, 0.29) is 30.0 Å². The highest BCUT2D eigenvalue weighted by atomic mass is 127. The Morgan fingerprint density at radius 3 is 2.72 bits per heavy atom. The maximum atomic E-state index is 5.70. The van der Waals surface area contributed by atoms with Crippen molar-refractivity contribution in [3.63, 3.8) is 0 Å². The SMILES string of the molecule is CCNC(=NCC(c1ccco1)N1CCCC1)NCCc1csc(C(C)C)n1.I. The highest BCUT2D eigenvalue weighted by Crippen LogP contribution is 2.25. The lowest BCUT2D eigenvalue weighted by atomic mass is 10.2. The smallest absolute Gasteiger partial charge is 0.191 e. The van der Waals surface area contributed by atoms with Crippen LogP contribution in [0, 0.1) is 0 Å². The summed E-state index contributed by atoms with van der Waals surface area (Å²) in [4.78, 5) is 12.0. The van der Waals surface area contributed by atoms with Crippen molar-refractivity contribution in [2.75, 3.05) is 32.7 Å². The van der Waals surface area contributed by atoms with Gasteiger partial charge in [-0.15, -0.1) is 35.3 Å². The van der Waals surface area contributed by atoms with Gasteiger partial charge in [-0.25, -0.2) is 4.98 Å². The van der Waals surface area contributed by atoms with Gasteiger partial charge in [-0.2, -0.15) is 0 Å². The molecule has 1 saturated heterocycles. The fourth-order valence-electron chi connectivity index (χ4n) is 3.45. The Hall–Kier alpha value is -1.13. The Labute approximate surface area is 195 Å². The lowest BCUT2D eigenvalue weighted by Gasteiger charge is -2.24. The van der Waals surface area contributed by atoms with Gasteiger partial charge in [-0.05, 0) is 45.0 Å². The molecular formula is C21H34IN5OS. The van der Waals surface area contributed by atoms with Gasteiger partial charge in [0.15, 0.2) is 5.96 Å². The number of nitrogens with one attached hydrogen (secondary N) is 2. The van der Waals surface area contributed by atoms with E-state index < -0.39 is 0 Å². The zero-order valence-electron chi connectivity index (χ0n) is 17.7. The van der Waals surface area contributed by atoms with Gasteiger partial charge in [0.25, 0.3) is 0 Å². The van der Waals surface area contributed by atoms with Crippen LogP contribution in [0.15, 0.2) is 33.2 Å². The molecule has 2 aromatic heterocycles. The summed E-state index contributed by atoms with van der Waals surface area (Å²) in [6, 6.07) is 4.23. The molecule has 0 amide bonds. The molecule has 1 fully saturated rings. The fraction of sp³-hybridized carbons (Fsp3) is 0.619. The van der Waals surface area contributed by atoms with Crippen LogP contribution in [0.3, 0.4) is 0 Å². The molecule has 2 aromatic rings. The summed E-state index contributed by atoms with van der Waals surface area (Å²) in [5.74, 6) is 2.36. The van der Waals surface area contributed by atoms with Crippen molar-refractivity contribution in [3.05, 3.63) is 40.2 Å². The summed E-state index contributed by atoms with van der Waals surface area (Å²) in [6.07, 6.45) is 5.17. The third kappa shape index (κ3) is 7.25. The van der Waals surface area contributed by atoms with Gasteiger partial charge in [0.05, 0.1) is 29.6 Å². The Bertz CT molecular complexity index is 725. The van der Waals surface area contributed by atoms with Crippen molar-refractivity contribution in [2.24, 2.45) is 4.99 Å². The maximum absolute atomic E-state index is 5.70. The number of nitrogens with zero attached hydrogens (tertiary/aromatic N) is 3.